The van der Waals surface area contributed by atoms with Gasteiger partial charge in [0, 0.05) is 6.42 Å². The second-order valence-corrected chi connectivity index (χ2v) is 3.07. The molecular weight excluding hydrogens is 223 g/mol. The van der Waals surface area contributed by atoms with Gasteiger partial charge in [0.1, 0.15) is 0 Å². The normalized spacial score (nSPS) is 11.8. The predicted octanol–water partition coefficient (Wildman–Crippen LogP) is 1.71. The van der Waals surface area contributed by atoms with Crippen molar-refractivity contribution >= 4 is 10.1 Å². The van der Waals surface area contributed by atoms with E-state index in [4.69, 9.17) is 13.0 Å². The van der Waals surface area contributed by atoms with E-state index in [2.05, 4.69) is 0 Å². The summed E-state index contributed by atoms with van der Waals surface area (Å²) in [6.07, 6.45) is 0.0556. The summed E-state index contributed by atoms with van der Waals surface area (Å²) in [4.78, 5) is 0. The van der Waals surface area contributed by atoms with E-state index in [0.717, 1.165) is 0 Å². The lowest BCUT2D eigenvalue weighted by Crippen LogP contribution is -2.21. The highest BCUT2D eigenvalue weighted by atomic mass is 32.2. The van der Waals surface area contributed by atoms with Gasteiger partial charge in [-0.25, -0.2) is 0 Å². The fourth-order valence-electron chi connectivity index (χ4n) is 0.0505. The summed E-state index contributed by atoms with van der Waals surface area (Å²) >= 11 is 0. The molecule has 0 saturated heterocycles. The molecule has 0 aliphatic carbocycles. The van der Waals surface area contributed by atoms with Gasteiger partial charge in [0.15, 0.2) is 0 Å². The van der Waals surface area contributed by atoms with Gasteiger partial charge in [0.2, 0.25) is 0 Å². The van der Waals surface area contributed by atoms with E-state index in [1.165, 1.54) is 0 Å². The highest BCUT2D eigenvalue weighted by molar-refractivity contribution is 7.86. The number of alkyl halides is 5. The monoisotopic (exact) mass is 230 g/mol. The summed E-state index contributed by atoms with van der Waals surface area (Å²) in [5, 5.41) is 0. The van der Waals surface area contributed by atoms with Gasteiger partial charge in [0.05, 0.1) is 13.3 Å². The molecule has 0 aromatic carbocycles. The fourth-order valence-corrected chi connectivity index (χ4v) is 0.0505. The average Bonchev–Trinajstić information content (AvgIpc) is 1.85. The van der Waals surface area contributed by atoms with Gasteiger partial charge in [-0.1, -0.05) is 0 Å². The molecule has 0 fully saturated rings. The zero-order chi connectivity index (χ0) is 11.1. The third kappa shape index (κ3) is 9.47. The van der Waals surface area contributed by atoms with Crippen LogP contribution in [0.5, 0.6) is 0 Å². The van der Waals surface area contributed by atoms with Crippen molar-refractivity contribution in [3.8, 4) is 0 Å². The molecule has 9 heteroatoms. The van der Waals surface area contributed by atoms with Crippen LogP contribution in [-0.4, -0.2) is 31.8 Å². The van der Waals surface area contributed by atoms with Crippen LogP contribution in [0.1, 0.15) is 6.42 Å². The Kier molecular flexibility index (Phi) is 7.04. The molecule has 0 unspecified atom stereocenters. The number of rotatable bonds is 2. The highest BCUT2D eigenvalue weighted by Gasteiger charge is 2.44. The van der Waals surface area contributed by atoms with Crippen molar-refractivity contribution in [2.24, 2.45) is 0 Å². The van der Waals surface area contributed by atoms with Crippen LogP contribution in [0.4, 0.5) is 22.0 Å². The Morgan fingerprint density at radius 2 is 1.31 bits per heavy atom. The zero-order valence-corrected chi connectivity index (χ0v) is 7.00. The topological polar surface area (TPSA) is 54.4 Å². The minimum atomic E-state index is -5.84. The molecule has 0 atom stereocenters. The molecule has 13 heavy (non-hydrogen) atoms. The number of halogens is 5. The Hall–Kier alpha value is -0.440. The molecule has 0 rings (SSSR count). The Labute approximate surface area is 71.3 Å². The van der Waals surface area contributed by atoms with Gasteiger partial charge in [-0.05, 0) is 0 Å². The molecule has 0 aliphatic rings. The third-order valence-electron chi connectivity index (χ3n) is 0.560. The van der Waals surface area contributed by atoms with Gasteiger partial charge in [-0.2, -0.15) is 21.6 Å². The molecule has 0 heterocycles. The first-order valence-electron chi connectivity index (χ1n) is 2.82. The Balaban J connectivity index is 0. The van der Waals surface area contributed by atoms with E-state index in [1.807, 2.05) is 0 Å². The molecular formula is C4H7F5O3S. The van der Waals surface area contributed by atoms with Gasteiger partial charge >= 0.3 is 15.6 Å². The SMILES string of the molecule is FCCCF.O=S(=O)(O)C(F)(F)F. The van der Waals surface area contributed by atoms with Crippen molar-refractivity contribution in [1.82, 2.24) is 0 Å². The van der Waals surface area contributed by atoms with E-state index in [1.54, 1.807) is 0 Å². The lowest BCUT2D eigenvalue weighted by molar-refractivity contribution is -0.0510. The first kappa shape index (κ1) is 15.1. The maximum Gasteiger partial charge on any atom is 0.522 e. The van der Waals surface area contributed by atoms with Crippen LogP contribution in [0.2, 0.25) is 0 Å². The lowest BCUT2D eigenvalue weighted by atomic mass is 10.5. The average molecular weight is 230 g/mol. The molecule has 0 aliphatic heterocycles. The largest absolute Gasteiger partial charge is 0.522 e. The molecule has 0 spiro atoms. The van der Waals surface area contributed by atoms with Crippen LogP contribution in [0.25, 0.3) is 0 Å². The molecule has 82 valence electrons. The van der Waals surface area contributed by atoms with Gasteiger partial charge < -0.3 is 0 Å². The molecule has 0 saturated carbocycles. The zero-order valence-electron chi connectivity index (χ0n) is 6.18. The minimum absolute atomic E-state index is 0.0556. The highest BCUT2D eigenvalue weighted by Crippen LogP contribution is 2.20. The third-order valence-corrected chi connectivity index (χ3v) is 1.14. The molecule has 0 bridgehead atoms. The smallest absolute Gasteiger partial charge is 0.279 e. The first-order chi connectivity index (χ1) is 5.66. The fraction of sp³-hybridized carbons (Fsp3) is 1.00. The van der Waals surface area contributed by atoms with E-state index in [-0.39, 0.29) is 6.42 Å². The molecule has 0 radical (unpaired) electrons. The number of hydrogen-bond acceptors (Lipinski definition) is 2. The molecule has 0 amide bonds. The van der Waals surface area contributed by atoms with Crippen LogP contribution in [0.3, 0.4) is 0 Å². The van der Waals surface area contributed by atoms with Crippen molar-refractivity contribution in [1.29, 1.82) is 0 Å². The summed E-state index contributed by atoms with van der Waals surface area (Å²) in [7, 11) is -5.84. The lowest BCUT2D eigenvalue weighted by Gasteiger charge is -1.97. The maximum atomic E-state index is 10.8. The van der Waals surface area contributed by atoms with Crippen molar-refractivity contribution in [3.63, 3.8) is 0 Å². The van der Waals surface area contributed by atoms with Crippen molar-refractivity contribution in [3.05, 3.63) is 0 Å². The van der Waals surface area contributed by atoms with Crippen LogP contribution in [0, 0.1) is 0 Å². The minimum Gasteiger partial charge on any atom is -0.279 e. The van der Waals surface area contributed by atoms with Crippen molar-refractivity contribution in [2.45, 2.75) is 11.9 Å². The van der Waals surface area contributed by atoms with E-state index < -0.39 is 29.0 Å². The number of hydrogen-bond donors (Lipinski definition) is 1. The van der Waals surface area contributed by atoms with Crippen LogP contribution in [-0.2, 0) is 10.1 Å². The Bertz CT molecular complexity index is 206. The summed E-state index contributed by atoms with van der Waals surface area (Å²) in [5.41, 5.74) is -5.53. The van der Waals surface area contributed by atoms with Crippen LogP contribution >= 0.6 is 0 Å². The Morgan fingerprint density at radius 3 is 1.31 bits per heavy atom. The predicted molar refractivity (Wildman–Crippen MR) is 34.2 cm³/mol. The van der Waals surface area contributed by atoms with Crippen molar-refractivity contribution < 1.29 is 34.9 Å². The first-order valence-corrected chi connectivity index (χ1v) is 4.26. The van der Waals surface area contributed by atoms with Gasteiger partial charge in [-0.3, -0.25) is 13.3 Å². The molecule has 0 aromatic heterocycles. The van der Waals surface area contributed by atoms with E-state index in [9.17, 15) is 22.0 Å². The van der Waals surface area contributed by atoms with Gasteiger partial charge in [0.25, 0.3) is 0 Å². The summed E-state index contributed by atoms with van der Waals surface area (Å²) in [6, 6.07) is 0. The quantitative estimate of drug-likeness (QED) is 0.446. The standard InChI is InChI=1S/C3H6F2.CHF3O3S/c4-2-1-3-5;2-1(3,4)8(5,6)7/h1-3H2;(H,5,6,7). The molecule has 0 aromatic rings. The van der Waals surface area contributed by atoms with Crippen LogP contribution in [0.15, 0.2) is 0 Å². The second kappa shape index (κ2) is 6.08. The summed E-state index contributed by atoms with van der Waals surface area (Å²) in [6.45, 7) is -1.06. The molecule has 1 N–H and O–H groups in total. The maximum absolute atomic E-state index is 10.8. The van der Waals surface area contributed by atoms with Gasteiger partial charge in [-0.15, -0.1) is 0 Å². The van der Waals surface area contributed by atoms with Crippen molar-refractivity contribution in [2.75, 3.05) is 13.3 Å². The summed E-state index contributed by atoms with van der Waals surface area (Å²) in [5.74, 6) is 0. The van der Waals surface area contributed by atoms with E-state index in [0.29, 0.717) is 0 Å². The summed E-state index contributed by atoms with van der Waals surface area (Å²) < 4.78 is 79.0. The molecule has 3 nitrogen and oxygen atoms in total. The second-order valence-electron chi connectivity index (χ2n) is 1.65. The van der Waals surface area contributed by atoms with Crippen LogP contribution < -0.4 is 0 Å². The van der Waals surface area contributed by atoms with E-state index >= 15 is 0 Å². The Morgan fingerprint density at radius 1 is 1.08 bits per heavy atom.